The highest BCUT2D eigenvalue weighted by atomic mass is 35.5. The van der Waals surface area contributed by atoms with Crippen molar-refractivity contribution in [3.8, 4) is 0 Å². The van der Waals surface area contributed by atoms with E-state index >= 15 is 0 Å². The maximum absolute atomic E-state index is 11.7. The average molecular weight is 313 g/mol. The number of carbonyl (C=O) groups excluding carboxylic acids is 1. The predicted octanol–water partition coefficient (Wildman–Crippen LogP) is 4.24. The van der Waals surface area contributed by atoms with Crippen molar-refractivity contribution < 1.29 is 9.53 Å². The number of benzene rings is 1. The van der Waals surface area contributed by atoms with Gasteiger partial charge in [-0.05, 0) is 24.6 Å². The fourth-order valence-electron chi connectivity index (χ4n) is 1.97. The number of rotatable bonds is 10. The molecule has 0 aliphatic rings. The molecule has 1 aromatic carbocycles. The minimum absolute atomic E-state index is 0.0426. The molecule has 5 heteroatoms. The van der Waals surface area contributed by atoms with Gasteiger partial charge in [0.2, 0.25) is 5.91 Å². The molecule has 21 heavy (non-hydrogen) atoms. The zero-order chi connectivity index (χ0) is 15.5. The van der Waals surface area contributed by atoms with Crippen molar-refractivity contribution in [2.45, 2.75) is 45.4 Å². The summed E-state index contributed by atoms with van der Waals surface area (Å²) in [5, 5.41) is 3.23. The average Bonchev–Trinajstić information content (AvgIpc) is 2.46. The molecule has 1 amide bonds. The van der Waals surface area contributed by atoms with E-state index < -0.39 is 0 Å². The number of anilines is 2. The van der Waals surface area contributed by atoms with Gasteiger partial charge in [-0.1, -0.05) is 50.6 Å². The van der Waals surface area contributed by atoms with E-state index in [0.717, 1.165) is 12.8 Å². The summed E-state index contributed by atoms with van der Waals surface area (Å²) in [7, 11) is 0. The molecular weight excluding hydrogens is 288 g/mol. The third-order valence-corrected chi connectivity index (χ3v) is 3.40. The lowest BCUT2D eigenvalue weighted by Crippen LogP contribution is -2.19. The Hall–Kier alpha value is -1.26. The molecule has 1 aromatic rings. The van der Waals surface area contributed by atoms with Crippen LogP contribution >= 0.6 is 11.6 Å². The van der Waals surface area contributed by atoms with Crippen LogP contribution in [-0.2, 0) is 9.53 Å². The Kier molecular flexibility index (Phi) is 8.87. The summed E-state index contributed by atoms with van der Waals surface area (Å²) in [5.41, 5.74) is 6.77. The topological polar surface area (TPSA) is 64.3 Å². The van der Waals surface area contributed by atoms with Gasteiger partial charge in [0.15, 0.2) is 0 Å². The van der Waals surface area contributed by atoms with Gasteiger partial charge in [0.05, 0.1) is 11.4 Å². The Bertz CT molecular complexity index is 438. The van der Waals surface area contributed by atoms with E-state index in [-0.39, 0.29) is 12.5 Å². The number of amides is 1. The fraction of sp³-hybridized carbons (Fsp3) is 0.562. The first kappa shape index (κ1) is 17.8. The summed E-state index contributed by atoms with van der Waals surface area (Å²) in [5.74, 6) is -0.213. The highest BCUT2D eigenvalue weighted by Crippen LogP contribution is 2.22. The van der Waals surface area contributed by atoms with Crippen molar-refractivity contribution in [1.29, 1.82) is 0 Å². The Morgan fingerprint density at radius 1 is 1.24 bits per heavy atom. The monoisotopic (exact) mass is 312 g/mol. The van der Waals surface area contributed by atoms with Crippen molar-refractivity contribution in [1.82, 2.24) is 0 Å². The predicted molar refractivity (Wildman–Crippen MR) is 88.7 cm³/mol. The third kappa shape index (κ3) is 7.93. The van der Waals surface area contributed by atoms with E-state index in [1.807, 2.05) is 0 Å². The zero-order valence-electron chi connectivity index (χ0n) is 12.7. The van der Waals surface area contributed by atoms with Gasteiger partial charge in [0.25, 0.3) is 0 Å². The molecule has 0 radical (unpaired) electrons. The van der Waals surface area contributed by atoms with Crippen molar-refractivity contribution in [3.63, 3.8) is 0 Å². The van der Waals surface area contributed by atoms with Gasteiger partial charge in [-0.3, -0.25) is 4.79 Å². The molecule has 0 aliphatic carbocycles. The highest BCUT2D eigenvalue weighted by Gasteiger charge is 2.06. The first-order valence-corrected chi connectivity index (χ1v) is 7.94. The normalized spacial score (nSPS) is 10.6. The maximum Gasteiger partial charge on any atom is 0.250 e. The number of carbonyl (C=O) groups is 1. The third-order valence-electron chi connectivity index (χ3n) is 3.16. The largest absolute Gasteiger partial charge is 0.397 e. The van der Waals surface area contributed by atoms with E-state index in [0.29, 0.717) is 23.0 Å². The van der Waals surface area contributed by atoms with Crippen molar-refractivity contribution >= 4 is 28.9 Å². The summed E-state index contributed by atoms with van der Waals surface area (Å²) in [4.78, 5) is 11.7. The van der Waals surface area contributed by atoms with Crippen molar-refractivity contribution in [3.05, 3.63) is 23.2 Å². The van der Waals surface area contributed by atoms with Crippen molar-refractivity contribution in [2.24, 2.45) is 0 Å². The van der Waals surface area contributed by atoms with Crippen LogP contribution < -0.4 is 11.1 Å². The van der Waals surface area contributed by atoms with Gasteiger partial charge in [-0.15, -0.1) is 0 Å². The number of halogens is 1. The Morgan fingerprint density at radius 2 is 1.95 bits per heavy atom. The Labute approximate surface area is 132 Å². The fourth-order valence-corrected chi connectivity index (χ4v) is 2.14. The molecule has 0 heterocycles. The van der Waals surface area contributed by atoms with Gasteiger partial charge in [-0.2, -0.15) is 0 Å². The number of unbranched alkanes of at least 4 members (excludes halogenated alkanes) is 5. The minimum atomic E-state index is -0.213. The first-order valence-electron chi connectivity index (χ1n) is 7.56. The quantitative estimate of drug-likeness (QED) is 0.502. The second-order valence-electron chi connectivity index (χ2n) is 5.10. The molecule has 4 nitrogen and oxygen atoms in total. The van der Waals surface area contributed by atoms with Crippen LogP contribution in [0.25, 0.3) is 0 Å². The number of hydrogen-bond donors (Lipinski definition) is 2. The van der Waals surface area contributed by atoms with E-state index in [1.165, 1.54) is 25.7 Å². The van der Waals surface area contributed by atoms with Crippen LogP contribution in [0.2, 0.25) is 5.02 Å². The lowest BCUT2D eigenvalue weighted by atomic mass is 10.1. The van der Waals surface area contributed by atoms with Gasteiger partial charge < -0.3 is 15.8 Å². The van der Waals surface area contributed by atoms with Gasteiger partial charge in [0, 0.05) is 11.6 Å². The maximum atomic E-state index is 11.7. The molecule has 1 rings (SSSR count). The molecule has 118 valence electrons. The molecule has 0 saturated carbocycles. The first-order chi connectivity index (χ1) is 10.1. The second-order valence-corrected chi connectivity index (χ2v) is 5.54. The SMILES string of the molecule is CCCCCCCCOCC(=O)Nc1cc(Cl)ccc1N. The lowest BCUT2D eigenvalue weighted by Gasteiger charge is -2.09. The Balaban J connectivity index is 2.13. The number of ether oxygens (including phenoxy) is 1. The van der Waals surface area contributed by atoms with Crippen LogP contribution in [0.15, 0.2) is 18.2 Å². The van der Waals surface area contributed by atoms with Crippen LogP contribution in [0.3, 0.4) is 0 Å². The number of nitrogens with one attached hydrogen (secondary N) is 1. The molecule has 0 fully saturated rings. The van der Waals surface area contributed by atoms with Crippen LogP contribution in [-0.4, -0.2) is 19.1 Å². The van der Waals surface area contributed by atoms with E-state index in [1.54, 1.807) is 18.2 Å². The lowest BCUT2D eigenvalue weighted by molar-refractivity contribution is -0.120. The standard InChI is InChI=1S/C16H25ClN2O2/c1-2-3-4-5-6-7-10-21-12-16(20)19-15-11-13(17)8-9-14(15)18/h8-9,11H,2-7,10,12,18H2,1H3,(H,19,20). The summed E-state index contributed by atoms with van der Waals surface area (Å²) in [6.45, 7) is 2.86. The number of nitrogen functional groups attached to an aromatic ring is 1. The van der Waals surface area contributed by atoms with Gasteiger partial charge >= 0.3 is 0 Å². The molecule has 0 saturated heterocycles. The molecule has 0 bridgehead atoms. The molecule has 0 aliphatic heterocycles. The second kappa shape index (κ2) is 10.5. The van der Waals surface area contributed by atoms with E-state index in [9.17, 15) is 4.79 Å². The number of hydrogen-bond acceptors (Lipinski definition) is 3. The summed E-state index contributed by atoms with van der Waals surface area (Å²) in [6.07, 6.45) is 7.22. The highest BCUT2D eigenvalue weighted by molar-refractivity contribution is 6.31. The molecule has 3 N–H and O–H groups in total. The van der Waals surface area contributed by atoms with Crippen LogP contribution in [0, 0.1) is 0 Å². The molecular formula is C16H25ClN2O2. The molecule has 0 aromatic heterocycles. The summed E-state index contributed by atoms with van der Waals surface area (Å²) < 4.78 is 5.36. The molecule has 0 spiro atoms. The van der Waals surface area contributed by atoms with Crippen LogP contribution in [0.5, 0.6) is 0 Å². The smallest absolute Gasteiger partial charge is 0.250 e. The Morgan fingerprint density at radius 3 is 2.71 bits per heavy atom. The number of nitrogens with two attached hydrogens (primary N) is 1. The summed E-state index contributed by atoms with van der Waals surface area (Å²) >= 11 is 5.86. The van der Waals surface area contributed by atoms with Crippen molar-refractivity contribution in [2.75, 3.05) is 24.3 Å². The molecule has 0 atom stereocenters. The van der Waals surface area contributed by atoms with E-state index in [4.69, 9.17) is 22.1 Å². The minimum Gasteiger partial charge on any atom is -0.397 e. The van der Waals surface area contributed by atoms with Crippen LogP contribution in [0.4, 0.5) is 11.4 Å². The van der Waals surface area contributed by atoms with E-state index in [2.05, 4.69) is 12.2 Å². The zero-order valence-corrected chi connectivity index (χ0v) is 13.4. The molecule has 0 unspecified atom stereocenters. The van der Waals surface area contributed by atoms with Gasteiger partial charge in [0.1, 0.15) is 6.61 Å². The summed E-state index contributed by atoms with van der Waals surface area (Å²) in [6, 6.07) is 4.97. The van der Waals surface area contributed by atoms with Gasteiger partial charge in [-0.25, -0.2) is 0 Å². The van der Waals surface area contributed by atoms with Crippen LogP contribution in [0.1, 0.15) is 45.4 Å².